The summed E-state index contributed by atoms with van der Waals surface area (Å²) >= 11 is 11.8. The van der Waals surface area contributed by atoms with E-state index in [-0.39, 0.29) is 0 Å². The van der Waals surface area contributed by atoms with Crippen LogP contribution in [-0.4, -0.2) is 12.0 Å². The van der Waals surface area contributed by atoms with Crippen molar-refractivity contribution in [1.29, 1.82) is 0 Å². The summed E-state index contributed by atoms with van der Waals surface area (Å²) in [4.78, 5) is 4.20. The molecular formula is C13H12Cl2N2O. The van der Waals surface area contributed by atoms with E-state index in [0.29, 0.717) is 21.7 Å². The molecular weight excluding hydrogens is 271 g/mol. The van der Waals surface area contributed by atoms with Crippen molar-refractivity contribution in [2.75, 3.05) is 7.05 Å². The summed E-state index contributed by atoms with van der Waals surface area (Å²) in [5, 5.41) is 4.09. The average molecular weight is 283 g/mol. The minimum Gasteiger partial charge on any atom is -0.437 e. The molecule has 1 aromatic carbocycles. The van der Waals surface area contributed by atoms with Crippen LogP contribution in [0.3, 0.4) is 0 Å². The molecule has 1 aromatic heterocycles. The lowest BCUT2D eigenvalue weighted by Crippen LogP contribution is -2.05. The summed E-state index contributed by atoms with van der Waals surface area (Å²) in [5.41, 5.74) is 1.09. The van der Waals surface area contributed by atoms with Crippen LogP contribution in [-0.2, 0) is 6.54 Å². The number of nitrogens with one attached hydrogen (secondary N) is 1. The number of hydrogen-bond acceptors (Lipinski definition) is 3. The van der Waals surface area contributed by atoms with E-state index in [1.807, 2.05) is 13.1 Å². The molecule has 0 amide bonds. The predicted molar refractivity (Wildman–Crippen MR) is 73.5 cm³/mol. The Morgan fingerprint density at radius 3 is 2.67 bits per heavy atom. The van der Waals surface area contributed by atoms with E-state index in [9.17, 15) is 0 Å². The third kappa shape index (κ3) is 3.35. The van der Waals surface area contributed by atoms with E-state index in [4.69, 9.17) is 27.9 Å². The van der Waals surface area contributed by atoms with E-state index in [1.165, 1.54) is 0 Å². The average Bonchev–Trinajstić information content (AvgIpc) is 2.35. The van der Waals surface area contributed by atoms with Crippen LogP contribution in [0.4, 0.5) is 0 Å². The van der Waals surface area contributed by atoms with Crippen molar-refractivity contribution < 1.29 is 4.74 Å². The quantitative estimate of drug-likeness (QED) is 0.924. The molecule has 1 heterocycles. The Hall–Kier alpha value is -1.29. The largest absolute Gasteiger partial charge is 0.437 e. The van der Waals surface area contributed by atoms with Gasteiger partial charge in [0.15, 0.2) is 0 Å². The number of halogens is 2. The molecule has 0 aliphatic rings. The lowest BCUT2D eigenvalue weighted by Gasteiger charge is -2.07. The lowest BCUT2D eigenvalue weighted by molar-refractivity contribution is 0.462. The molecule has 0 saturated heterocycles. The minimum atomic E-state index is 0.462. The van der Waals surface area contributed by atoms with Crippen LogP contribution < -0.4 is 10.1 Å². The van der Waals surface area contributed by atoms with Gasteiger partial charge in [-0.3, -0.25) is 0 Å². The first-order valence-corrected chi connectivity index (χ1v) is 6.17. The number of rotatable bonds is 4. The molecule has 5 heteroatoms. The molecule has 2 rings (SSSR count). The van der Waals surface area contributed by atoms with Gasteiger partial charge in [-0.15, -0.1) is 0 Å². The van der Waals surface area contributed by atoms with Crippen LogP contribution in [0.1, 0.15) is 5.56 Å². The van der Waals surface area contributed by atoms with Crippen molar-refractivity contribution in [3.05, 3.63) is 52.1 Å². The van der Waals surface area contributed by atoms with E-state index in [2.05, 4.69) is 10.3 Å². The third-order valence-corrected chi connectivity index (χ3v) is 2.82. The van der Waals surface area contributed by atoms with Gasteiger partial charge >= 0.3 is 0 Å². The fourth-order valence-corrected chi connectivity index (χ4v) is 1.90. The highest BCUT2D eigenvalue weighted by atomic mass is 35.5. The summed E-state index contributed by atoms with van der Waals surface area (Å²) < 4.78 is 5.58. The molecule has 1 N–H and O–H groups in total. The monoisotopic (exact) mass is 282 g/mol. The van der Waals surface area contributed by atoms with Gasteiger partial charge in [0.25, 0.3) is 0 Å². The topological polar surface area (TPSA) is 34.1 Å². The summed E-state index contributed by atoms with van der Waals surface area (Å²) in [5.74, 6) is 1.04. The zero-order chi connectivity index (χ0) is 13.0. The van der Waals surface area contributed by atoms with Gasteiger partial charge < -0.3 is 10.1 Å². The molecule has 0 atom stereocenters. The summed E-state index contributed by atoms with van der Waals surface area (Å²) in [6, 6.07) is 8.82. The standard InChI is InChI=1S/C13H12Cl2N2O/c1-16-7-9-2-5-13(17-8-9)18-12-4-3-10(14)6-11(12)15/h2-6,8,16H,7H2,1H3. The van der Waals surface area contributed by atoms with E-state index < -0.39 is 0 Å². The van der Waals surface area contributed by atoms with Crippen LogP contribution in [0, 0.1) is 0 Å². The first-order chi connectivity index (χ1) is 8.69. The van der Waals surface area contributed by atoms with Crippen molar-refractivity contribution in [2.45, 2.75) is 6.54 Å². The van der Waals surface area contributed by atoms with Gasteiger partial charge in [0, 0.05) is 23.8 Å². The SMILES string of the molecule is CNCc1ccc(Oc2ccc(Cl)cc2Cl)nc1. The second kappa shape index (κ2) is 6.05. The second-order valence-electron chi connectivity index (χ2n) is 3.71. The Bertz CT molecular complexity index is 529. The Kier molecular flexibility index (Phi) is 4.42. The van der Waals surface area contributed by atoms with Crippen molar-refractivity contribution in [2.24, 2.45) is 0 Å². The van der Waals surface area contributed by atoms with Crippen molar-refractivity contribution in [3.63, 3.8) is 0 Å². The van der Waals surface area contributed by atoms with Crippen molar-refractivity contribution >= 4 is 23.2 Å². The smallest absolute Gasteiger partial charge is 0.219 e. The Morgan fingerprint density at radius 2 is 2.06 bits per heavy atom. The van der Waals surface area contributed by atoms with Crippen molar-refractivity contribution in [3.8, 4) is 11.6 Å². The molecule has 3 nitrogen and oxygen atoms in total. The molecule has 0 aliphatic heterocycles. The van der Waals surface area contributed by atoms with Crippen LogP contribution in [0.5, 0.6) is 11.6 Å². The number of benzene rings is 1. The number of pyridine rings is 1. The molecule has 0 bridgehead atoms. The van der Waals surface area contributed by atoms with Crippen LogP contribution >= 0.6 is 23.2 Å². The molecule has 0 spiro atoms. The predicted octanol–water partition coefficient (Wildman–Crippen LogP) is 3.90. The number of aromatic nitrogens is 1. The minimum absolute atomic E-state index is 0.462. The maximum absolute atomic E-state index is 6.01. The van der Waals surface area contributed by atoms with Gasteiger partial charge in [0.1, 0.15) is 5.75 Å². The number of hydrogen-bond donors (Lipinski definition) is 1. The van der Waals surface area contributed by atoms with Crippen LogP contribution in [0.25, 0.3) is 0 Å². The second-order valence-corrected chi connectivity index (χ2v) is 4.56. The normalized spacial score (nSPS) is 10.4. The molecule has 0 unspecified atom stereocenters. The van der Waals surface area contributed by atoms with E-state index >= 15 is 0 Å². The molecule has 18 heavy (non-hydrogen) atoms. The third-order valence-electron chi connectivity index (χ3n) is 2.29. The molecule has 0 fully saturated rings. The molecule has 0 aliphatic carbocycles. The van der Waals surface area contributed by atoms with Crippen molar-refractivity contribution in [1.82, 2.24) is 10.3 Å². The highest BCUT2D eigenvalue weighted by molar-refractivity contribution is 6.35. The molecule has 0 radical (unpaired) electrons. The highest BCUT2D eigenvalue weighted by Crippen LogP contribution is 2.30. The Morgan fingerprint density at radius 1 is 1.22 bits per heavy atom. The fraction of sp³-hybridized carbons (Fsp3) is 0.154. The summed E-state index contributed by atoms with van der Waals surface area (Å²) in [7, 11) is 1.89. The maximum atomic E-state index is 6.01. The first kappa shape index (κ1) is 13.1. The fourth-order valence-electron chi connectivity index (χ4n) is 1.45. The highest BCUT2D eigenvalue weighted by Gasteiger charge is 2.04. The summed E-state index contributed by atoms with van der Waals surface area (Å²) in [6.45, 7) is 0.773. The van der Waals surface area contributed by atoms with Gasteiger partial charge in [0.2, 0.25) is 5.88 Å². The zero-order valence-corrected chi connectivity index (χ0v) is 11.3. The van der Waals surface area contributed by atoms with Gasteiger partial charge in [-0.2, -0.15) is 0 Å². The van der Waals surface area contributed by atoms with E-state index in [1.54, 1.807) is 30.5 Å². The lowest BCUT2D eigenvalue weighted by atomic mass is 10.3. The molecule has 0 saturated carbocycles. The summed E-state index contributed by atoms with van der Waals surface area (Å²) in [6.07, 6.45) is 1.76. The Balaban J connectivity index is 2.13. The van der Waals surface area contributed by atoms with Gasteiger partial charge in [-0.05, 0) is 30.8 Å². The van der Waals surface area contributed by atoms with Gasteiger partial charge in [0.05, 0.1) is 5.02 Å². The van der Waals surface area contributed by atoms with Crippen LogP contribution in [0.2, 0.25) is 10.0 Å². The number of nitrogens with zero attached hydrogens (tertiary/aromatic N) is 1. The van der Waals surface area contributed by atoms with Crippen LogP contribution in [0.15, 0.2) is 36.5 Å². The molecule has 94 valence electrons. The van der Waals surface area contributed by atoms with E-state index in [0.717, 1.165) is 12.1 Å². The molecule has 2 aromatic rings. The van der Waals surface area contributed by atoms with Gasteiger partial charge in [-0.1, -0.05) is 29.3 Å². The maximum Gasteiger partial charge on any atom is 0.219 e. The zero-order valence-electron chi connectivity index (χ0n) is 9.78. The number of ether oxygens (including phenoxy) is 1. The first-order valence-electron chi connectivity index (χ1n) is 5.41. The van der Waals surface area contributed by atoms with Gasteiger partial charge in [-0.25, -0.2) is 4.98 Å². The Labute approximate surface area is 116 Å².